The maximum absolute atomic E-state index is 6.02. The normalized spacial score (nSPS) is 23.1. The number of halogens is 1. The maximum atomic E-state index is 6.02. The highest BCUT2D eigenvalue weighted by Crippen LogP contribution is 2.40. The predicted octanol–water partition coefficient (Wildman–Crippen LogP) is 3.75. The number of fused-ring (bicyclic) bond motifs is 1. The molecule has 96 valence electrons. The highest BCUT2D eigenvalue weighted by molar-refractivity contribution is 6.16. The fraction of sp³-hybridized carbons (Fsp3) is 0.500. The van der Waals surface area contributed by atoms with Crippen molar-refractivity contribution in [2.45, 2.75) is 31.7 Å². The van der Waals surface area contributed by atoms with Gasteiger partial charge < -0.3 is 9.30 Å². The zero-order chi connectivity index (χ0) is 12.7. The van der Waals surface area contributed by atoms with Gasteiger partial charge in [0.15, 0.2) is 0 Å². The molecule has 18 heavy (non-hydrogen) atoms. The summed E-state index contributed by atoms with van der Waals surface area (Å²) in [5.41, 5.74) is 2.15. The van der Waals surface area contributed by atoms with Gasteiger partial charge in [0, 0.05) is 12.1 Å². The Morgan fingerprint density at radius 1 is 1.44 bits per heavy atom. The molecule has 1 aliphatic rings. The Balaban J connectivity index is 2.13. The van der Waals surface area contributed by atoms with E-state index in [1.54, 1.807) is 7.11 Å². The number of hydrogen-bond donors (Lipinski definition) is 0. The van der Waals surface area contributed by atoms with Crippen LogP contribution in [0.1, 0.15) is 31.6 Å². The van der Waals surface area contributed by atoms with Crippen LogP contribution in [0.25, 0.3) is 11.0 Å². The monoisotopic (exact) mass is 264 g/mol. The number of nitrogens with zero attached hydrogens (tertiary/aromatic N) is 2. The van der Waals surface area contributed by atoms with E-state index >= 15 is 0 Å². The molecule has 4 heteroatoms. The molecular formula is C14H17ClN2O. The van der Waals surface area contributed by atoms with Crippen molar-refractivity contribution in [3.8, 4) is 5.75 Å². The van der Waals surface area contributed by atoms with Crippen LogP contribution in [-0.4, -0.2) is 16.7 Å². The fourth-order valence-corrected chi connectivity index (χ4v) is 3.01. The van der Waals surface area contributed by atoms with Gasteiger partial charge in [-0.05, 0) is 30.9 Å². The van der Waals surface area contributed by atoms with Gasteiger partial charge in [0.25, 0.3) is 0 Å². The first-order valence-electron chi connectivity index (χ1n) is 6.33. The second-order valence-corrected chi connectivity index (χ2v) is 5.38. The summed E-state index contributed by atoms with van der Waals surface area (Å²) in [5, 5.41) is 0. The van der Waals surface area contributed by atoms with Crippen molar-refractivity contribution in [2.24, 2.45) is 5.92 Å². The molecule has 0 bridgehead atoms. The molecule has 1 aromatic heterocycles. The van der Waals surface area contributed by atoms with Crippen LogP contribution >= 0.6 is 11.6 Å². The summed E-state index contributed by atoms with van der Waals surface area (Å²) in [6.45, 7) is 2.29. The largest absolute Gasteiger partial charge is 0.497 e. The molecule has 0 N–H and O–H groups in total. The molecule has 1 heterocycles. The Bertz CT molecular complexity index is 572. The molecule has 3 rings (SSSR count). The summed E-state index contributed by atoms with van der Waals surface area (Å²) in [4.78, 5) is 4.61. The number of methoxy groups -OCH3 is 1. The van der Waals surface area contributed by atoms with Gasteiger partial charge in [0.2, 0.25) is 0 Å². The summed E-state index contributed by atoms with van der Waals surface area (Å²) >= 11 is 6.02. The van der Waals surface area contributed by atoms with E-state index in [-0.39, 0.29) is 0 Å². The minimum atomic E-state index is 0.460. The molecule has 0 aliphatic heterocycles. The first-order chi connectivity index (χ1) is 8.72. The molecular weight excluding hydrogens is 248 g/mol. The summed E-state index contributed by atoms with van der Waals surface area (Å²) in [6.07, 6.45) is 2.43. The third kappa shape index (κ3) is 1.77. The molecule has 0 spiro atoms. The second-order valence-electron chi connectivity index (χ2n) is 5.12. The van der Waals surface area contributed by atoms with Gasteiger partial charge in [-0.1, -0.05) is 6.92 Å². The minimum absolute atomic E-state index is 0.460. The smallest absolute Gasteiger partial charge is 0.125 e. The topological polar surface area (TPSA) is 27.1 Å². The maximum Gasteiger partial charge on any atom is 0.125 e. The Labute approximate surface area is 112 Å². The first kappa shape index (κ1) is 11.8. The lowest BCUT2D eigenvalue weighted by molar-refractivity contribution is 0.217. The van der Waals surface area contributed by atoms with Crippen molar-refractivity contribution in [1.82, 2.24) is 9.55 Å². The van der Waals surface area contributed by atoms with Crippen molar-refractivity contribution in [1.29, 1.82) is 0 Å². The van der Waals surface area contributed by atoms with E-state index < -0.39 is 0 Å². The number of aromatic nitrogens is 2. The Morgan fingerprint density at radius 3 is 2.83 bits per heavy atom. The van der Waals surface area contributed by atoms with E-state index in [0.29, 0.717) is 11.9 Å². The van der Waals surface area contributed by atoms with E-state index in [0.717, 1.165) is 28.5 Å². The van der Waals surface area contributed by atoms with Gasteiger partial charge in [-0.15, -0.1) is 11.6 Å². The summed E-state index contributed by atoms with van der Waals surface area (Å²) in [7, 11) is 1.69. The lowest BCUT2D eigenvalue weighted by Gasteiger charge is -2.35. The number of imidazole rings is 1. The molecule has 1 fully saturated rings. The minimum Gasteiger partial charge on any atom is -0.497 e. The van der Waals surface area contributed by atoms with Crippen molar-refractivity contribution < 1.29 is 4.74 Å². The molecule has 1 saturated carbocycles. The Morgan fingerprint density at radius 2 is 2.22 bits per heavy atom. The van der Waals surface area contributed by atoms with Crippen LogP contribution < -0.4 is 4.74 Å². The predicted molar refractivity (Wildman–Crippen MR) is 73.3 cm³/mol. The van der Waals surface area contributed by atoms with E-state index in [2.05, 4.69) is 22.5 Å². The van der Waals surface area contributed by atoms with Gasteiger partial charge in [0.05, 0.1) is 24.0 Å². The van der Waals surface area contributed by atoms with Crippen LogP contribution in [0.15, 0.2) is 18.2 Å². The number of ether oxygens (including phenoxy) is 1. The van der Waals surface area contributed by atoms with Crippen molar-refractivity contribution in [2.75, 3.05) is 7.11 Å². The van der Waals surface area contributed by atoms with Gasteiger partial charge in [-0.3, -0.25) is 0 Å². The molecule has 0 amide bonds. The zero-order valence-electron chi connectivity index (χ0n) is 10.7. The van der Waals surface area contributed by atoms with E-state index in [4.69, 9.17) is 16.3 Å². The van der Waals surface area contributed by atoms with Crippen LogP contribution in [0, 0.1) is 5.92 Å². The van der Waals surface area contributed by atoms with Gasteiger partial charge in [-0.25, -0.2) is 4.98 Å². The number of hydrogen-bond acceptors (Lipinski definition) is 2. The average Bonchev–Trinajstić information content (AvgIpc) is 2.72. The molecule has 1 aromatic carbocycles. The van der Waals surface area contributed by atoms with Gasteiger partial charge >= 0.3 is 0 Å². The number of alkyl halides is 1. The number of benzene rings is 1. The highest BCUT2D eigenvalue weighted by Gasteiger charge is 2.29. The standard InChI is InChI=1S/C14H17ClN2O/c1-9-5-10(6-9)17-13-7-11(18-2)3-4-12(13)16-14(17)8-15/h3-4,7,9-10H,5-6,8H2,1-2H3. The molecule has 1 aliphatic carbocycles. The van der Waals surface area contributed by atoms with Crippen molar-refractivity contribution in [3.63, 3.8) is 0 Å². The second kappa shape index (κ2) is 4.47. The third-order valence-electron chi connectivity index (χ3n) is 3.80. The summed E-state index contributed by atoms with van der Waals surface area (Å²) in [5.74, 6) is 3.11. The van der Waals surface area contributed by atoms with Crippen LogP contribution in [0.4, 0.5) is 0 Å². The van der Waals surface area contributed by atoms with Crippen LogP contribution in [-0.2, 0) is 5.88 Å². The zero-order valence-corrected chi connectivity index (χ0v) is 11.4. The van der Waals surface area contributed by atoms with E-state index in [9.17, 15) is 0 Å². The third-order valence-corrected chi connectivity index (χ3v) is 4.04. The highest BCUT2D eigenvalue weighted by atomic mass is 35.5. The van der Waals surface area contributed by atoms with Gasteiger partial charge in [-0.2, -0.15) is 0 Å². The Kier molecular flexibility index (Phi) is 2.94. The first-order valence-corrected chi connectivity index (χ1v) is 6.87. The summed E-state index contributed by atoms with van der Waals surface area (Å²) < 4.78 is 7.60. The van der Waals surface area contributed by atoms with Crippen LogP contribution in [0.3, 0.4) is 0 Å². The molecule has 0 radical (unpaired) electrons. The van der Waals surface area contributed by atoms with Crippen LogP contribution in [0.2, 0.25) is 0 Å². The Hall–Kier alpha value is -1.22. The lowest BCUT2D eigenvalue weighted by atomic mass is 9.81. The fourth-order valence-electron chi connectivity index (χ4n) is 2.82. The summed E-state index contributed by atoms with van der Waals surface area (Å²) in [6, 6.07) is 6.55. The van der Waals surface area contributed by atoms with Crippen molar-refractivity contribution >= 4 is 22.6 Å². The average molecular weight is 265 g/mol. The SMILES string of the molecule is COc1ccc2nc(CCl)n(C3CC(C)C3)c2c1. The quantitative estimate of drug-likeness (QED) is 0.790. The lowest BCUT2D eigenvalue weighted by Crippen LogP contribution is -2.25. The van der Waals surface area contributed by atoms with E-state index in [1.807, 2.05) is 12.1 Å². The molecule has 0 unspecified atom stereocenters. The van der Waals surface area contributed by atoms with Crippen LogP contribution in [0.5, 0.6) is 5.75 Å². The molecule has 0 saturated heterocycles. The molecule has 3 nitrogen and oxygen atoms in total. The molecule has 0 atom stereocenters. The molecule has 2 aromatic rings. The van der Waals surface area contributed by atoms with Crippen molar-refractivity contribution in [3.05, 3.63) is 24.0 Å². The van der Waals surface area contributed by atoms with E-state index in [1.165, 1.54) is 12.8 Å². The van der Waals surface area contributed by atoms with Gasteiger partial charge in [0.1, 0.15) is 11.6 Å². The number of rotatable bonds is 3.